The summed E-state index contributed by atoms with van der Waals surface area (Å²) in [5, 5.41) is 0. The molecule has 10 atom stereocenters. The lowest BCUT2D eigenvalue weighted by Crippen LogP contribution is -2.58. The van der Waals surface area contributed by atoms with Gasteiger partial charge in [-0.1, -0.05) is 39.5 Å². The lowest BCUT2D eigenvalue weighted by atomic mass is 9.44. The minimum atomic E-state index is -0.673. The molecule has 5 nitrogen and oxygen atoms in total. The molecule has 5 aliphatic rings. The molecule has 226 valence electrons. The van der Waals surface area contributed by atoms with Crippen molar-refractivity contribution in [3.05, 3.63) is 42.2 Å². The summed E-state index contributed by atoms with van der Waals surface area (Å²) in [5.74, 6) is 3.17. The summed E-state index contributed by atoms with van der Waals surface area (Å²) in [6, 6.07) is 6.33. The van der Waals surface area contributed by atoms with Gasteiger partial charge in [0, 0.05) is 19.3 Å². The summed E-state index contributed by atoms with van der Waals surface area (Å²) in [7, 11) is 1.49. The van der Waals surface area contributed by atoms with Gasteiger partial charge in [0.1, 0.15) is 11.9 Å². The third kappa shape index (κ3) is 5.10. The van der Waals surface area contributed by atoms with Crippen molar-refractivity contribution in [2.75, 3.05) is 13.7 Å². The van der Waals surface area contributed by atoms with E-state index in [0.29, 0.717) is 41.6 Å². The molecule has 6 rings (SSSR count). The summed E-state index contributed by atoms with van der Waals surface area (Å²) >= 11 is 0. The summed E-state index contributed by atoms with van der Waals surface area (Å²) in [6.45, 7) is 12.1. The van der Waals surface area contributed by atoms with Crippen molar-refractivity contribution >= 4 is 11.5 Å². The Morgan fingerprint density at radius 1 is 1.05 bits per heavy atom. The van der Waals surface area contributed by atoms with Crippen molar-refractivity contribution in [1.29, 1.82) is 0 Å². The average Bonchev–Trinajstić information content (AvgIpc) is 3.34. The van der Waals surface area contributed by atoms with Crippen molar-refractivity contribution in [3.8, 4) is 0 Å². The molecule has 0 radical (unpaired) electrons. The van der Waals surface area contributed by atoms with E-state index in [2.05, 4.69) is 27.4 Å². The van der Waals surface area contributed by atoms with Crippen LogP contribution in [-0.2, 0) is 24.0 Å². The minimum Gasteiger partial charge on any atom is -0.469 e. The van der Waals surface area contributed by atoms with Crippen LogP contribution >= 0.6 is 0 Å². The zero-order valence-electron chi connectivity index (χ0n) is 25.5. The molecular formula is C35H49FO5. The highest BCUT2D eigenvalue weighted by molar-refractivity contribution is 5.69. The summed E-state index contributed by atoms with van der Waals surface area (Å²) in [6.07, 6.45) is 11.7. The Morgan fingerprint density at radius 2 is 1.80 bits per heavy atom. The maximum atomic E-state index is 13.4. The molecule has 5 fully saturated rings. The Hall–Kier alpha value is -1.76. The smallest absolute Gasteiger partial charge is 0.305 e. The number of methoxy groups -OCH3 is 1. The number of hydrogen-bond donors (Lipinski definition) is 0. The van der Waals surface area contributed by atoms with Crippen LogP contribution in [0.1, 0.15) is 97.0 Å². The van der Waals surface area contributed by atoms with Crippen LogP contribution in [0, 0.1) is 52.2 Å². The predicted octanol–water partition coefficient (Wildman–Crippen LogP) is 8.13. The molecule has 1 aromatic rings. The summed E-state index contributed by atoms with van der Waals surface area (Å²) in [5.41, 5.74) is 2.29. The van der Waals surface area contributed by atoms with E-state index in [9.17, 15) is 9.18 Å². The monoisotopic (exact) mass is 568 g/mol. The molecule has 1 spiro atoms. The second-order valence-electron chi connectivity index (χ2n) is 14.6. The number of ether oxygens (including phenoxy) is 2. The molecule has 1 heterocycles. The van der Waals surface area contributed by atoms with Gasteiger partial charge in [-0.25, -0.2) is 14.2 Å². The van der Waals surface area contributed by atoms with Gasteiger partial charge in [-0.2, -0.15) is 0 Å². The first kappa shape index (κ1) is 29.3. The fourth-order valence-electron chi connectivity index (χ4n) is 10.5. The molecule has 1 saturated heterocycles. The van der Waals surface area contributed by atoms with Crippen LogP contribution in [0.5, 0.6) is 0 Å². The zero-order valence-corrected chi connectivity index (χ0v) is 25.5. The standard InChI is InChI=1S/C35H49FO5/c1-22(6-15-32(37)38-5)28-13-14-29-27-12-9-25-20-35(19-18-33(25,3)30(27)16-17-34(28,29)4)39-21-31(40-41-35)23(2)24-7-10-26(36)11-8-24/h7-8,10-11,22,25,27-31H,2,6,9,12-21H2,1,3-5H3/t22-,25-,27+,28-,29+,30+,31+,33+,34-,35+/m1/s1. The Balaban J connectivity index is 1.09. The van der Waals surface area contributed by atoms with Gasteiger partial charge >= 0.3 is 5.97 Å². The van der Waals surface area contributed by atoms with Gasteiger partial charge in [0.25, 0.3) is 0 Å². The molecule has 4 saturated carbocycles. The number of carbonyl (C=O) groups is 1. The van der Waals surface area contributed by atoms with Crippen LogP contribution in [0.2, 0.25) is 0 Å². The van der Waals surface area contributed by atoms with Crippen LogP contribution in [0.4, 0.5) is 4.39 Å². The predicted molar refractivity (Wildman–Crippen MR) is 156 cm³/mol. The number of esters is 1. The molecule has 41 heavy (non-hydrogen) atoms. The number of benzene rings is 1. The molecule has 4 aliphatic carbocycles. The second-order valence-corrected chi connectivity index (χ2v) is 14.6. The van der Waals surface area contributed by atoms with Gasteiger partial charge < -0.3 is 9.47 Å². The molecule has 1 aromatic carbocycles. The first-order chi connectivity index (χ1) is 19.6. The fraction of sp³-hybridized carbons (Fsp3) is 0.743. The van der Waals surface area contributed by atoms with Gasteiger partial charge in [-0.15, -0.1) is 0 Å². The number of rotatable bonds is 6. The first-order valence-corrected chi connectivity index (χ1v) is 16.1. The normalized spacial score (nSPS) is 42.6. The van der Waals surface area contributed by atoms with E-state index < -0.39 is 11.9 Å². The van der Waals surface area contributed by atoms with Crippen molar-refractivity contribution in [3.63, 3.8) is 0 Å². The molecular weight excluding hydrogens is 519 g/mol. The highest BCUT2D eigenvalue weighted by Crippen LogP contribution is 2.69. The van der Waals surface area contributed by atoms with E-state index >= 15 is 0 Å². The van der Waals surface area contributed by atoms with Crippen molar-refractivity contribution in [2.24, 2.45) is 46.3 Å². The quantitative estimate of drug-likeness (QED) is 0.256. The Kier molecular flexibility index (Phi) is 7.91. The van der Waals surface area contributed by atoms with E-state index in [1.165, 1.54) is 57.8 Å². The molecule has 0 unspecified atom stereocenters. The van der Waals surface area contributed by atoms with E-state index in [-0.39, 0.29) is 11.8 Å². The lowest BCUT2D eigenvalue weighted by Gasteiger charge is -2.62. The van der Waals surface area contributed by atoms with Crippen LogP contribution < -0.4 is 0 Å². The number of halogens is 1. The van der Waals surface area contributed by atoms with Crippen molar-refractivity contribution < 1.29 is 28.4 Å². The maximum Gasteiger partial charge on any atom is 0.305 e. The van der Waals surface area contributed by atoms with Gasteiger partial charge in [-0.05, 0) is 121 Å². The third-order valence-electron chi connectivity index (χ3n) is 12.9. The van der Waals surface area contributed by atoms with Gasteiger partial charge in [0.05, 0.1) is 13.7 Å². The van der Waals surface area contributed by atoms with Gasteiger partial charge in [-0.3, -0.25) is 4.79 Å². The topological polar surface area (TPSA) is 54.0 Å². The number of carbonyl (C=O) groups excluding carboxylic acids is 1. The Bertz CT molecular complexity index is 1130. The molecule has 0 aromatic heterocycles. The summed E-state index contributed by atoms with van der Waals surface area (Å²) < 4.78 is 24.8. The Morgan fingerprint density at radius 3 is 2.51 bits per heavy atom. The molecule has 0 amide bonds. The van der Waals surface area contributed by atoms with Crippen LogP contribution in [-0.4, -0.2) is 31.6 Å². The van der Waals surface area contributed by atoms with E-state index in [1.807, 2.05) is 0 Å². The van der Waals surface area contributed by atoms with Gasteiger partial charge in [0.2, 0.25) is 5.79 Å². The van der Waals surface area contributed by atoms with Gasteiger partial charge in [0.15, 0.2) is 0 Å². The molecule has 0 N–H and O–H groups in total. The highest BCUT2D eigenvalue weighted by Gasteiger charge is 2.62. The fourth-order valence-corrected chi connectivity index (χ4v) is 10.5. The second kappa shape index (κ2) is 11.1. The highest BCUT2D eigenvalue weighted by atomic mass is 19.1. The average molecular weight is 569 g/mol. The van der Waals surface area contributed by atoms with E-state index in [1.54, 1.807) is 12.1 Å². The molecule has 6 heteroatoms. The third-order valence-corrected chi connectivity index (χ3v) is 12.9. The van der Waals surface area contributed by atoms with E-state index in [4.69, 9.17) is 19.2 Å². The van der Waals surface area contributed by atoms with Crippen molar-refractivity contribution in [1.82, 2.24) is 0 Å². The lowest BCUT2D eigenvalue weighted by molar-refractivity contribution is -0.489. The number of hydrogen-bond acceptors (Lipinski definition) is 5. The SMILES string of the molecule is C=C(c1ccc(F)cc1)[C@@H]1CO[C@@]2(CC[C@@]3(C)[C@H](CC[C@@H]4[C@@H]3CC[C@]3(C)[C@@H]([C@H](C)CCC(=O)OC)CC[C@@H]43)C2)OO1. The van der Waals surface area contributed by atoms with Crippen LogP contribution in [0.3, 0.4) is 0 Å². The number of fused-ring (bicyclic) bond motifs is 5. The van der Waals surface area contributed by atoms with Crippen LogP contribution in [0.25, 0.3) is 5.57 Å². The molecule has 1 aliphatic heterocycles. The molecule has 0 bridgehead atoms. The largest absolute Gasteiger partial charge is 0.469 e. The Labute approximate surface area is 245 Å². The minimum absolute atomic E-state index is 0.0776. The summed E-state index contributed by atoms with van der Waals surface area (Å²) in [4.78, 5) is 23.8. The van der Waals surface area contributed by atoms with Crippen molar-refractivity contribution in [2.45, 2.75) is 103 Å². The zero-order chi connectivity index (χ0) is 29.0. The maximum absolute atomic E-state index is 13.4. The van der Waals surface area contributed by atoms with E-state index in [0.717, 1.165) is 54.6 Å². The van der Waals surface area contributed by atoms with Crippen LogP contribution in [0.15, 0.2) is 30.8 Å². The first-order valence-electron chi connectivity index (χ1n) is 16.1.